The van der Waals surface area contributed by atoms with Crippen LogP contribution in [0.3, 0.4) is 0 Å². The Labute approximate surface area is 384 Å². The topological polar surface area (TPSA) is 103 Å². The molecule has 1 unspecified atom stereocenters. The number of halogens is 3. The van der Waals surface area contributed by atoms with Crippen molar-refractivity contribution in [3.05, 3.63) is 176 Å². The van der Waals surface area contributed by atoms with Crippen molar-refractivity contribution in [1.82, 2.24) is 20.2 Å². The highest BCUT2D eigenvalue weighted by molar-refractivity contribution is 6.31. The number of pyridine rings is 2. The van der Waals surface area contributed by atoms with E-state index in [1.165, 1.54) is 19.2 Å². The highest BCUT2D eigenvalue weighted by Gasteiger charge is 2.36. The fourth-order valence-corrected chi connectivity index (χ4v) is 9.15. The zero-order chi connectivity index (χ0) is 45.8. The lowest BCUT2D eigenvalue weighted by atomic mass is 9.85. The van der Waals surface area contributed by atoms with Crippen LogP contribution in [0, 0.1) is 25.5 Å². The summed E-state index contributed by atoms with van der Waals surface area (Å²) >= 11 is 6.86. The summed E-state index contributed by atoms with van der Waals surface area (Å²) in [6.45, 7) is 9.45. The number of aromatic nitrogens is 2. The molecule has 0 fully saturated rings. The van der Waals surface area contributed by atoms with Gasteiger partial charge in [0.25, 0.3) is 0 Å². The summed E-state index contributed by atoms with van der Waals surface area (Å²) in [6.07, 6.45) is 5.62. The Kier molecular flexibility index (Phi) is 13.6. The van der Waals surface area contributed by atoms with E-state index >= 15 is 0 Å². The number of nitrogens with one attached hydrogen (secondary N) is 1. The summed E-state index contributed by atoms with van der Waals surface area (Å²) in [5, 5.41) is 3.52. The molecule has 336 valence electrons. The van der Waals surface area contributed by atoms with Gasteiger partial charge in [0, 0.05) is 54.1 Å². The molecule has 4 heterocycles. The summed E-state index contributed by atoms with van der Waals surface area (Å²) < 4.78 is 45.6. The number of ether oxygens (including phenoxy) is 3. The Balaban J connectivity index is 0.986. The number of nitrogens with zero attached hydrogens (tertiary/aromatic N) is 3. The van der Waals surface area contributed by atoms with Crippen LogP contribution in [-0.4, -0.2) is 59.2 Å². The van der Waals surface area contributed by atoms with Crippen molar-refractivity contribution >= 4 is 23.5 Å². The minimum Gasteiger partial charge on any atom is -0.493 e. The standard InChI is InChI=1S/C53H53ClF2N4O5/c1-32-33(2)57-18-15-46(32)36-9-10-37(47(54)22-36)23-48(52(62)63-5)59-51(61)49-24-38-25-50-39(21-40(38)29-60(49)30-44-8-6-7-17-58-44)20-35(16-19-64-50)34-11-13-45(14-12-34)65-31-53(3,4)41-26-42(55)28-43(56)27-41/h6-15,17-18,21-22,25-28,35,48-49H,16,19-20,23-24,29-31H2,1-5H3,(H,59,61)/t35?,48-,49-/m0/s1. The van der Waals surface area contributed by atoms with Gasteiger partial charge in [0.2, 0.25) is 5.91 Å². The van der Waals surface area contributed by atoms with Crippen LogP contribution in [0.15, 0.2) is 109 Å². The second-order valence-corrected chi connectivity index (χ2v) is 18.2. The molecule has 0 aliphatic carbocycles. The molecule has 0 bridgehead atoms. The van der Waals surface area contributed by atoms with Gasteiger partial charge >= 0.3 is 5.97 Å². The fourth-order valence-electron chi connectivity index (χ4n) is 8.89. The second-order valence-electron chi connectivity index (χ2n) is 17.8. The molecule has 12 heteroatoms. The first-order chi connectivity index (χ1) is 31.2. The zero-order valence-corrected chi connectivity index (χ0v) is 38.1. The number of esters is 1. The maximum Gasteiger partial charge on any atom is 0.328 e. The molecule has 0 radical (unpaired) electrons. The van der Waals surface area contributed by atoms with Crippen LogP contribution in [0.25, 0.3) is 11.1 Å². The average Bonchev–Trinajstić information content (AvgIpc) is 3.50. The summed E-state index contributed by atoms with van der Waals surface area (Å²) in [6, 6.07) is 27.7. The van der Waals surface area contributed by atoms with Crippen molar-refractivity contribution in [2.24, 2.45) is 0 Å². The molecular weight excluding hydrogens is 846 g/mol. The first-order valence-electron chi connectivity index (χ1n) is 21.9. The van der Waals surface area contributed by atoms with Gasteiger partial charge in [-0.1, -0.05) is 61.8 Å². The van der Waals surface area contributed by atoms with E-state index in [9.17, 15) is 18.4 Å². The van der Waals surface area contributed by atoms with Crippen LogP contribution in [0.5, 0.6) is 11.5 Å². The highest BCUT2D eigenvalue weighted by atomic mass is 35.5. The Morgan fingerprint density at radius 3 is 2.42 bits per heavy atom. The number of carbonyl (C=O) groups is 2. The summed E-state index contributed by atoms with van der Waals surface area (Å²) in [5.74, 6) is -0.421. The molecule has 2 aromatic heterocycles. The SMILES string of the molecule is COC(=O)[C@H](Cc1ccc(-c2ccnc(C)c2C)cc1Cl)NC(=O)[C@@H]1Cc2cc3c(cc2CN1Cc1ccccn1)CC(c1ccc(OCC(C)(C)c2cc(F)cc(F)c2)cc1)CCO3. The van der Waals surface area contributed by atoms with Gasteiger partial charge in [0.05, 0.1) is 32.1 Å². The lowest BCUT2D eigenvalue weighted by Crippen LogP contribution is -2.54. The van der Waals surface area contributed by atoms with Gasteiger partial charge in [-0.3, -0.25) is 19.7 Å². The Hall–Kier alpha value is -6.17. The van der Waals surface area contributed by atoms with Crippen molar-refractivity contribution in [1.29, 1.82) is 0 Å². The number of rotatable bonds is 13. The van der Waals surface area contributed by atoms with Crippen LogP contribution < -0.4 is 14.8 Å². The number of hydrogen-bond acceptors (Lipinski definition) is 8. The molecule has 0 spiro atoms. The maximum absolute atomic E-state index is 14.5. The van der Waals surface area contributed by atoms with Crippen LogP contribution >= 0.6 is 11.6 Å². The largest absolute Gasteiger partial charge is 0.493 e. The predicted molar refractivity (Wildman–Crippen MR) is 247 cm³/mol. The van der Waals surface area contributed by atoms with Gasteiger partial charge < -0.3 is 19.5 Å². The van der Waals surface area contributed by atoms with E-state index in [1.54, 1.807) is 12.4 Å². The van der Waals surface area contributed by atoms with Crippen LogP contribution in [0.1, 0.15) is 76.5 Å². The third-order valence-corrected chi connectivity index (χ3v) is 13.2. The number of fused-ring (bicyclic) bond motifs is 2. The number of aryl methyl sites for hydroxylation is 1. The Morgan fingerprint density at radius 2 is 1.69 bits per heavy atom. The van der Waals surface area contributed by atoms with E-state index in [1.807, 2.05) is 82.3 Å². The zero-order valence-electron chi connectivity index (χ0n) is 37.3. The molecule has 9 nitrogen and oxygen atoms in total. The molecule has 8 rings (SSSR count). The molecule has 4 aromatic carbocycles. The van der Waals surface area contributed by atoms with E-state index in [2.05, 4.69) is 44.5 Å². The molecule has 2 aliphatic rings. The summed E-state index contributed by atoms with van der Waals surface area (Å²) in [4.78, 5) is 38.9. The monoisotopic (exact) mass is 898 g/mol. The van der Waals surface area contributed by atoms with Gasteiger partial charge in [0.15, 0.2) is 0 Å². The Bertz CT molecular complexity index is 2680. The lowest BCUT2D eigenvalue weighted by Gasteiger charge is -2.37. The number of carbonyl (C=O) groups excluding carboxylic acids is 2. The maximum atomic E-state index is 14.5. The van der Waals surface area contributed by atoms with Crippen molar-refractivity contribution in [2.75, 3.05) is 20.3 Å². The van der Waals surface area contributed by atoms with Gasteiger partial charge in [0.1, 0.15) is 29.2 Å². The normalized spacial score (nSPS) is 16.6. The molecule has 1 N–H and O–H groups in total. The summed E-state index contributed by atoms with van der Waals surface area (Å²) in [5.41, 5.74) is 9.76. The Morgan fingerprint density at radius 1 is 0.908 bits per heavy atom. The molecule has 6 aromatic rings. The first-order valence-corrected chi connectivity index (χ1v) is 22.3. The smallest absolute Gasteiger partial charge is 0.328 e. The molecule has 2 aliphatic heterocycles. The number of hydrogen-bond donors (Lipinski definition) is 1. The predicted octanol–water partition coefficient (Wildman–Crippen LogP) is 9.98. The fraction of sp³-hybridized carbons (Fsp3) is 0.321. The molecule has 3 atom stereocenters. The molecule has 1 amide bonds. The van der Waals surface area contributed by atoms with Crippen LogP contribution in [-0.2, 0) is 52.1 Å². The number of benzene rings is 4. The lowest BCUT2D eigenvalue weighted by molar-refractivity contribution is -0.146. The third kappa shape index (κ3) is 10.5. The average molecular weight is 899 g/mol. The number of methoxy groups -OCH3 is 1. The third-order valence-electron chi connectivity index (χ3n) is 12.8. The first kappa shape index (κ1) is 45.4. The molecular formula is C53H53ClF2N4O5. The van der Waals surface area contributed by atoms with Crippen molar-refractivity contribution in [2.45, 2.75) is 89.9 Å². The van der Waals surface area contributed by atoms with Crippen molar-refractivity contribution in [3.8, 4) is 22.6 Å². The van der Waals surface area contributed by atoms with Gasteiger partial charge in [-0.05, 0) is 144 Å². The minimum atomic E-state index is -0.982. The van der Waals surface area contributed by atoms with Crippen LogP contribution in [0.4, 0.5) is 8.78 Å². The van der Waals surface area contributed by atoms with Gasteiger partial charge in [-0.2, -0.15) is 0 Å². The van der Waals surface area contributed by atoms with E-state index in [0.29, 0.717) is 48.0 Å². The highest BCUT2D eigenvalue weighted by Crippen LogP contribution is 2.38. The number of amides is 1. The van der Waals surface area contributed by atoms with E-state index in [4.69, 9.17) is 25.8 Å². The van der Waals surface area contributed by atoms with E-state index < -0.39 is 35.1 Å². The second kappa shape index (κ2) is 19.5. The van der Waals surface area contributed by atoms with Gasteiger partial charge in [-0.15, -0.1) is 0 Å². The molecule has 65 heavy (non-hydrogen) atoms. The van der Waals surface area contributed by atoms with Crippen LogP contribution in [0.2, 0.25) is 5.02 Å². The van der Waals surface area contributed by atoms with Crippen molar-refractivity contribution < 1.29 is 32.6 Å². The molecule has 0 saturated heterocycles. The van der Waals surface area contributed by atoms with Crippen molar-refractivity contribution in [3.63, 3.8) is 0 Å². The van der Waals surface area contributed by atoms with Gasteiger partial charge in [-0.25, -0.2) is 13.6 Å². The van der Waals surface area contributed by atoms with E-state index in [-0.39, 0.29) is 24.9 Å². The van der Waals surface area contributed by atoms with E-state index in [0.717, 1.165) is 75.0 Å². The quantitative estimate of drug-likeness (QED) is 0.114. The summed E-state index contributed by atoms with van der Waals surface area (Å²) in [7, 11) is 1.31. The minimum absolute atomic E-state index is 0.144. The molecule has 0 saturated carbocycles.